The minimum atomic E-state index is -0.269. The van der Waals surface area contributed by atoms with Crippen LogP contribution in [0.1, 0.15) is 11.3 Å². The minimum absolute atomic E-state index is 0.269. The van der Waals surface area contributed by atoms with Crippen LogP contribution in [-0.2, 0) is 0 Å². The molecule has 0 aliphatic carbocycles. The molecular weight excluding hydrogens is 329 g/mol. The van der Waals surface area contributed by atoms with Crippen LogP contribution in [0, 0.1) is 12.7 Å². The molecule has 5 nitrogen and oxygen atoms in total. The molecular formula is C20H16FN5. The van der Waals surface area contributed by atoms with E-state index in [0.717, 1.165) is 33.7 Å². The van der Waals surface area contributed by atoms with Crippen molar-refractivity contribution >= 4 is 22.9 Å². The molecule has 0 saturated carbocycles. The molecule has 0 amide bonds. The highest BCUT2D eigenvalue weighted by Gasteiger charge is 2.13. The molecule has 2 heterocycles. The number of rotatable bonds is 4. The van der Waals surface area contributed by atoms with E-state index in [1.165, 1.54) is 12.1 Å². The number of hydrogen-bond donors (Lipinski definition) is 1. The molecule has 0 aliphatic rings. The van der Waals surface area contributed by atoms with Gasteiger partial charge >= 0.3 is 0 Å². The van der Waals surface area contributed by atoms with Crippen molar-refractivity contribution in [3.63, 3.8) is 0 Å². The number of hydrogen-bond acceptors (Lipinski definition) is 4. The highest BCUT2D eigenvalue weighted by molar-refractivity contribution is 5.92. The van der Waals surface area contributed by atoms with Crippen molar-refractivity contribution in [2.24, 2.45) is 5.10 Å². The highest BCUT2D eigenvalue weighted by Crippen LogP contribution is 2.26. The second-order valence-corrected chi connectivity index (χ2v) is 5.81. The molecule has 4 rings (SSSR count). The maximum atomic E-state index is 13.0. The van der Waals surface area contributed by atoms with E-state index in [1.54, 1.807) is 24.5 Å². The zero-order valence-electron chi connectivity index (χ0n) is 14.1. The van der Waals surface area contributed by atoms with Gasteiger partial charge < -0.3 is 0 Å². The zero-order chi connectivity index (χ0) is 17.9. The summed E-state index contributed by atoms with van der Waals surface area (Å²) in [5, 5.41) is 9.78. The molecule has 1 N–H and O–H groups in total. The fraction of sp³-hybridized carbons (Fsp3) is 0.0500. The first-order valence-electron chi connectivity index (χ1n) is 8.17. The summed E-state index contributed by atoms with van der Waals surface area (Å²) in [6.45, 7) is 1.94. The lowest BCUT2D eigenvalue weighted by atomic mass is 10.2. The fourth-order valence-corrected chi connectivity index (χ4v) is 2.78. The van der Waals surface area contributed by atoms with Crippen molar-refractivity contribution in [3.8, 4) is 5.69 Å². The van der Waals surface area contributed by atoms with Crippen molar-refractivity contribution in [3.05, 3.63) is 83.9 Å². The number of nitrogens with zero attached hydrogens (tertiary/aromatic N) is 4. The Hall–Kier alpha value is -3.54. The number of anilines is 1. The van der Waals surface area contributed by atoms with Crippen molar-refractivity contribution in [2.75, 3.05) is 5.43 Å². The summed E-state index contributed by atoms with van der Waals surface area (Å²) >= 11 is 0. The Morgan fingerprint density at radius 3 is 2.58 bits per heavy atom. The van der Waals surface area contributed by atoms with Gasteiger partial charge in [-0.3, -0.25) is 5.43 Å². The van der Waals surface area contributed by atoms with Crippen LogP contribution in [0.3, 0.4) is 0 Å². The van der Waals surface area contributed by atoms with Crippen LogP contribution in [0.5, 0.6) is 0 Å². The van der Waals surface area contributed by atoms with Gasteiger partial charge in [0.15, 0.2) is 5.65 Å². The molecule has 2 aromatic carbocycles. The van der Waals surface area contributed by atoms with E-state index in [2.05, 4.69) is 20.6 Å². The van der Waals surface area contributed by atoms with E-state index in [1.807, 2.05) is 48.0 Å². The molecule has 0 aliphatic heterocycles. The van der Waals surface area contributed by atoms with Gasteiger partial charge in [-0.25, -0.2) is 14.1 Å². The molecule has 0 atom stereocenters. The third-order valence-corrected chi connectivity index (χ3v) is 4.01. The quantitative estimate of drug-likeness (QED) is 0.443. The Kier molecular flexibility index (Phi) is 4.15. The van der Waals surface area contributed by atoms with Gasteiger partial charge in [-0.15, -0.1) is 0 Å². The number of aryl methyl sites for hydroxylation is 1. The largest absolute Gasteiger partial charge is 0.278 e. The number of benzene rings is 2. The fourth-order valence-electron chi connectivity index (χ4n) is 2.78. The highest BCUT2D eigenvalue weighted by atomic mass is 19.1. The van der Waals surface area contributed by atoms with Crippen LogP contribution in [0.25, 0.3) is 16.7 Å². The number of halogens is 1. The summed E-state index contributed by atoms with van der Waals surface area (Å²) in [6, 6.07) is 17.9. The zero-order valence-corrected chi connectivity index (χ0v) is 14.1. The summed E-state index contributed by atoms with van der Waals surface area (Å²) in [4.78, 5) is 4.48. The minimum Gasteiger partial charge on any atom is -0.278 e. The van der Waals surface area contributed by atoms with Crippen LogP contribution in [0.15, 0.2) is 72.0 Å². The second kappa shape index (κ2) is 6.76. The standard InChI is InChI=1S/C20H16FN5/c1-14-19-18(24-23-13-15-7-9-16(21)10-8-15)11-12-22-20(19)26(25-14)17-5-3-2-4-6-17/h2-13H,1H3,(H,22,24)/b23-13+. The van der Waals surface area contributed by atoms with E-state index in [9.17, 15) is 4.39 Å². The molecule has 0 unspecified atom stereocenters. The summed E-state index contributed by atoms with van der Waals surface area (Å²) in [7, 11) is 0. The Bertz CT molecular complexity index is 1070. The van der Waals surface area contributed by atoms with Gasteiger partial charge in [0.2, 0.25) is 0 Å². The maximum absolute atomic E-state index is 13.0. The predicted octanol–water partition coefficient (Wildman–Crippen LogP) is 4.31. The van der Waals surface area contributed by atoms with Gasteiger partial charge in [-0.2, -0.15) is 10.2 Å². The van der Waals surface area contributed by atoms with E-state index in [4.69, 9.17) is 0 Å². The molecule has 26 heavy (non-hydrogen) atoms. The van der Waals surface area contributed by atoms with Crippen LogP contribution >= 0.6 is 0 Å². The van der Waals surface area contributed by atoms with Gasteiger partial charge in [-0.05, 0) is 42.8 Å². The summed E-state index contributed by atoms with van der Waals surface area (Å²) in [5.74, 6) is -0.269. The smallest absolute Gasteiger partial charge is 0.165 e. The number of nitrogens with one attached hydrogen (secondary N) is 1. The van der Waals surface area contributed by atoms with Crippen molar-refractivity contribution in [1.82, 2.24) is 14.8 Å². The van der Waals surface area contributed by atoms with E-state index >= 15 is 0 Å². The normalized spacial score (nSPS) is 11.3. The average Bonchev–Trinajstić information content (AvgIpc) is 3.02. The second-order valence-electron chi connectivity index (χ2n) is 5.81. The van der Waals surface area contributed by atoms with Crippen LogP contribution < -0.4 is 5.43 Å². The topological polar surface area (TPSA) is 55.1 Å². The van der Waals surface area contributed by atoms with Gasteiger partial charge in [-0.1, -0.05) is 30.3 Å². The number of pyridine rings is 1. The molecule has 4 aromatic rings. The Morgan fingerprint density at radius 2 is 1.81 bits per heavy atom. The number of hydrazone groups is 1. The van der Waals surface area contributed by atoms with Gasteiger partial charge in [0.1, 0.15) is 5.82 Å². The number of aromatic nitrogens is 3. The first kappa shape index (κ1) is 16.0. The first-order chi connectivity index (χ1) is 12.7. The van der Waals surface area contributed by atoms with E-state index < -0.39 is 0 Å². The summed E-state index contributed by atoms with van der Waals surface area (Å²) in [5.41, 5.74) is 7.22. The summed E-state index contributed by atoms with van der Waals surface area (Å²) in [6.07, 6.45) is 3.36. The van der Waals surface area contributed by atoms with Crippen LogP contribution in [-0.4, -0.2) is 21.0 Å². The van der Waals surface area contributed by atoms with Gasteiger partial charge in [0, 0.05) is 6.20 Å². The monoisotopic (exact) mass is 345 g/mol. The molecule has 2 aromatic heterocycles. The van der Waals surface area contributed by atoms with Crippen molar-refractivity contribution < 1.29 is 4.39 Å². The summed E-state index contributed by atoms with van der Waals surface area (Å²) < 4.78 is 14.8. The Balaban J connectivity index is 1.68. The van der Waals surface area contributed by atoms with Crippen LogP contribution in [0.4, 0.5) is 10.1 Å². The number of para-hydroxylation sites is 1. The molecule has 0 saturated heterocycles. The lowest BCUT2D eigenvalue weighted by Gasteiger charge is -2.04. The third kappa shape index (κ3) is 3.04. The lowest BCUT2D eigenvalue weighted by Crippen LogP contribution is -1.97. The van der Waals surface area contributed by atoms with Crippen molar-refractivity contribution in [2.45, 2.75) is 6.92 Å². The van der Waals surface area contributed by atoms with E-state index in [-0.39, 0.29) is 5.82 Å². The SMILES string of the molecule is Cc1nn(-c2ccccc2)c2nccc(N/N=C/c3ccc(F)cc3)c12. The first-order valence-corrected chi connectivity index (χ1v) is 8.17. The van der Waals surface area contributed by atoms with Gasteiger partial charge in [0.05, 0.1) is 28.7 Å². The van der Waals surface area contributed by atoms with Crippen molar-refractivity contribution in [1.29, 1.82) is 0 Å². The van der Waals surface area contributed by atoms with E-state index in [0.29, 0.717) is 0 Å². The Labute approximate surface area is 149 Å². The lowest BCUT2D eigenvalue weighted by molar-refractivity contribution is 0.628. The third-order valence-electron chi connectivity index (χ3n) is 4.01. The molecule has 6 heteroatoms. The average molecular weight is 345 g/mol. The molecule has 0 spiro atoms. The molecule has 128 valence electrons. The number of fused-ring (bicyclic) bond motifs is 1. The van der Waals surface area contributed by atoms with Gasteiger partial charge in [0.25, 0.3) is 0 Å². The molecule has 0 fully saturated rings. The predicted molar refractivity (Wildman–Crippen MR) is 101 cm³/mol. The molecule has 0 bridgehead atoms. The maximum Gasteiger partial charge on any atom is 0.165 e. The van der Waals surface area contributed by atoms with Crippen LogP contribution in [0.2, 0.25) is 0 Å². The molecule has 0 radical (unpaired) electrons. The Morgan fingerprint density at radius 1 is 1.04 bits per heavy atom.